The van der Waals surface area contributed by atoms with Crippen molar-refractivity contribution in [3.8, 4) is 17.2 Å². The van der Waals surface area contributed by atoms with Crippen LogP contribution < -0.4 is 19.9 Å². The number of benzene rings is 1. The fraction of sp³-hybridized carbons (Fsp3) is 0.333. The first-order chi connectivity index (χ1) is 6.31. The van der Waals surface area contributed by atoms with Crippen molar-refractivity contribution in [3.05, 3.63) is 12.1 Å². The van der Waals surface area contributed by atoms with Gasteiger partial charge < -0.3 is 19.9 Å². The van der Waals surface area contributed by atoms with Crippen LogP contribution in [0.4, 0.5) is 5.69 Å². The predicted octanol–water partition coefficient (Wildman–Crippen LogP) is 1.47. The Hall–Kier alpha value is -1.29. The van der Waals surface area contributed by atoms with Crippen molar-refractivity contribution in [2.45, 2.75) is 0 Å². The van der Waals surface area contributed by atoms with Crippen molar-refractivity contribution >= 4 is 18.1 Å². The van der Waals surface area contributed by atoms with Crippen molar-refractivity contribution in [1.29, 1.82) is 0 Å². The highest BCUT2D eigenvalue weighted by atomic mass is 35.5. The number of anilines is 1. The molecule has 1 aliphatic rings. The van der Waals surface area contributed by atoms with E-state index in [9.17, 15) is 0 Å². The van der Waals surface area contributed by atoms with Gasteiger partial charge in [-0.3, -0.25) is 0 Å². The SMILES string of the molecule is COc1cc(N)cc2c1OCCO2.Cl. The minimum Gasteiger partial charge on any atom is -0.493 e. The summed E-state index contributed by atoms with van der Waals surface area (Å²) in [4.78, 5) is 0. The Balaban J connectivity index is 0.000000980. The van der Waals surface area contributed by atoms with Gasteiger partial charge in [-0.05, 0) is 0 Å². The number of halogens is 1. The maximum atomic E-state index is 5.64. The number of ether oxygens (including phenoxy) is 3. The lowest BCUT2D eigenvalue weighted by atomic mass is 10.2. The molecular formula is C9H12ClNO3. The van der Waals surface area contributed by atoms with E-state index in [-0.39, 0.29) is 12.4 Å². The van der Waals surface area contributed by atoms with E-state index in [1.165, 1.54) is 0 Å². The monoisotopic (exact) mass is 217 g/mol. The maximum absolute atomic E-state index is 5.64. The molecule has 1 aromatic rings. The van der Waals surface area contributed by atoms with Crippen molar-refractivity contribution in [2.75, 3.05) is 26.1 Å². The molecule has 1 aliphatic heterocycles. The molecule has 0 fully saturated rings. The second-order valence-electron chi connectivity index (χ2n) is 2.75. The first-order valence-electron chi connectivity index (χ1n) is 4.04. The summed E-state index contributed by atoms with van der Waals surface area (Å²) in [6.45, 7) is 1.10. The molecule has 14 heavy (non-hydrogen) atoms. The molecule has 1 heterocycles. The van der Waals surface area contributed by atoms with E-state index in [1.54, 1.807) is 19.2 Å². The Bertz CT molecular complexity index is 313. The number of nitrogens with two attached hydrogens (primary N) is 1. The third kappa shape index (κ3) is 1.80. The summed E-state index contributed by atoms with van der Waals surface area (Å²) < 4.78 is 15.9. The Kier molecular flexibility index (Phi) is 3.30. The second kappa shape index (κ2) is 4.28. The summed E-state index contributed by atoms with van der Waals surface area (Å²) in [5.41, 5.74) is 6.25. The lowest BCUT2D eigenvalue weighted by Crippen LogP contribution is -2.16. The minimum atomic E-state index is 0. The molecule has 78 valence electrons. The van der Waals surface area contributed by atoms with Gasteiger partial charge in [-0.15, -0.1) is 12.4 Å². The Morgan fingerprint density at radius 2 is 2.00 bits per heavy atom. The van der Waals surface area contributed by atoms with Crippen molar-refractivity contribution < 1.29 is 14.2 Å². The van der Waals surface area contributed by atoms with E-state index in [4.69, 9.17) is 19.9 Å². The molecule has 0 atom stereocenters. The van der Waals surface area contributed by atoms with Crippen LogP contribution in [0, 0.1) is 0 Å². The molecule has 0 radical (unpaired) electrons. The minimum absolute atomic E-state index is 0. The second-order valence-corrected chi connectivity index (χ2v) is 2.75. The summed E-state index contributed by atoms with van der Waals surface area (Å²) >= 11 is 0. The standard InChI is InChI=1S/C9H11NO3.ClH/c1-11-7-4-6(10)5-8-9(7)13-3-2-12-8;/h4-5H,2-3,10H2,1H3;1H. The zero-order chi connectivity index (χ0) is 9.26. The van der Waals surface area contributed by atoms with Crippen LogP contribution in [0.25, 0.3) is 0 Å². The van der Waals surface area contributed by atoms with Crippen LogP contribution >= 0.6 is 12.4 Å². The lowest BCUT2D eigenvalue weighted by Gasteiger charge is -2.20. The van der Waals surface area contributed by atoms with Crippen LogP contribution in [0.3, 0.4) is 0 Å². The number of methoxy groups -OCH3 is 1. The van der Waals surface area contributed by atoms with E-state index in [0.717, 1.165) is 0 Å². The van der Waals surface area contributed by atoms with Gasteiger partial charge in [-0.2, -0.15) is 0 Å². The van der Waals surface area contributed by atoms with Gasteiger partial charge >= 0.3 is 0 Å². The molecule has 2 N–H and O–H groups in total. The van der Waals surface area contributed by atoms with Crippen LogP contribution in [0.15, 0.2) is 12.1 Å². The van der Waals surface area contributed by atoms with Gasteiger partial charge in [0.1, 0.15) is 13.2 Å². The van der Waals surface area contributed by atoms with Crippen LogP contribution in [0.5, 0.6) is 17.2 Å². The highest BCUT2D eigenvalue weighted by Crippen LogP contribution is 2.40. The van der Waals surface area contributed by atoms with Crippen LogP contribution in [-0.2, 0) is 0 Å². The molecule has 0 bridgehead atoms. The quantitative estimate of drug-likeness (QED) is 0.724. The van der Waals surface area contributed by atoms with Gasteiger partial charge in [0.2, 0.25) is 5.75 Å². The summed E-state index contributed by atoms with van der Waals surface area (Å²) in [5, 5.41) is 0. The van der Waals surface area contributed by atoms with Gasteiger partial charge in [-0.1, -0.05) is 0 Å². The Morgan fingerprint density at radius 3 is 2.71 bits per heavy atom. The van der Waals surface area contributed by atoms with Gasteiger partial charge in [-0.25, -0.2) is 0 Å². The Morgan fingerprint density at radius 1 is 1.29 bits per heavy atom. The molecule has 2 rings (SSSR count). The third-order valence-corrected chi connectivity index (χ3v) is 1.85. The average molecular weight is 218 g/mol. The molecule has 0 amide bonds. The number of hydrogen-bond donors (Lipinski definition) is 1. The van der Waals surface area contributed by atoms with E-state index < -0.39 is 0 Å². The number of rotatable bonds is 1. The maximum Gasteiger partial charge on any atom is 0.203 e. The highest BCUT2D eigenvalue weighted by molar-refractivity contribution is 5.85. The van der Waals surface area contributed by atoms with Gasteiger partial charge in [0.25, 0.3) is 0 Å². The molecule has 1 aromatic carbocycles. The van der Waals surface area contributed by atoms with Gasteiger partial charge in [0, 0.05) is 17.8 Å². The fourth-order valence-corrected chi connectivity index (χ4v) is 1.29. The summed E-state index contributed by atoms with van der Waals surface area (Å²) in [6, 6.07) is 3.45. The third-order valence-electron chi connectivity index (χ3n) is 1.85. The van der Waals surface area contributed by atoms with E-state index in [1.807, 2.05) is 0 Å². The molecular weight excluding hydrogens is 206 g/mol. The van der Waals surface area contributed by atoms with Crippen molar-refractivity contribution in [3.63, 3.8) is 0 Å². The zero-order valence-corrected chi connectivity index (χ0v) is 8.60. The normalized spacial score (nSPS) is 12.9. The molecule has 0 spiro atoms. The first-order valence-corrected chi connectivity index (χ1v) is 4.04. The Labute approximate surface area is 88.4 Å². The number of hydrogen-bond acceptors (Lipinski definition) is 4. The van der Waals surface area contributed by atoms with E-state index in [0.29, 0.717) is 36.1 Å². The van der Waals surface area contributed by atoms with E-state index in [2.05, 4.69) is 0 Å². The number of nitrogen functional groups attached to an aromatic ring is 1. The molecule has 0 saturated carbocycles. The molecule has 0 saturated heterocycles. The lowest BCUT2D eigenvalue weighted by molar-refractivity contribution is 0.165. The molecule has 0 aromatic heterocycles. The summed E-state index contributed by atoms with van der Waals surface area (Å²) in [5.74, 6) is 1.92. The van der Waals surface area contributed by atoms with E-state index >= 15 is 0 Å². The topological polar surface area (TPSA) is 53.7 Å². The largest absolute Gasteiger partial charge is 0.493 e. The zero-order valence-electron chi connectivity index (χ0n) is 7.78. The van der Waals surface area contributed by atoms with Gasteiger partial charge in [0.05, 0.1) is 7.11 Å². The van der Waals surface area contributed by atoms with Gasteiger partial charge in [0.15, 0.2) is 11.5 Å². The predicted molar refractivity (Wildman–Crippen MR) is 55.6 cm³/mol. The smallest absolute Gasteiger partial charge is 0.203 e. The van der Waals surface area contributed by atoms with Crippen LogP contribution in [-0.4, -0.2) is 20.3 Å². The summed E-state index contributed by atoms with van der Waals surface area (Å²) in [7, 11) is 1.58. The highest BCUT2D eigenvalue weighted by Gasteiger charge is 2.17. The van der Waals surface area contributed by atoms with Crippen molar-refractivity contribution in [1.82, 2.24) is 0 Å². The van der Waals surface area contributed by atoms with Crippen molar-refractivity contribution in [2.24, 2.45) is 0 Å². The molecule has 4 nitrogen and oxygen atoms in total. The van der Waals surface area contributed by atoms with Crippen LogP contribution in [0.1, 0.15) is 0 Å². The molecule has 0 aliphatic carbocycles. The molecule has 0 unspecified atom stereocenters. The number of fused-ring (bicyclic) bond motifs is 1. The van der Waals surface area contributed by atoms with Crippen LogP contribution in [0.2, 0.25) is 0 Å². The molecule has 5 heteroatoms. The fourth-order valence-electron chi connectivity index (χ4n) is 1.29. The summed E-state index contributed by atoms with van der Waals surface area (Å²) in [6.07, 6.45) is 0. The first kappa shape index (κ1) is 10.8. The average Bonchev–Trinajstić information content (AvgIpc) is 2.16.